The Balaban J connectivity index is 1.92. The number of nitro benzene ring substituents is 1. The van der Waals surface area contributed by atoms with Crippen LogP contribution in [0.25, 0.3) is 0 Å². The zero-order valence-electron chi connectivity index (χ0n) is 14.6. The van der Waals surface area contributed by atoms with Gasteiger partial charge in [-0.05, 0) is 17.5 Å². The minimum absolute atomic E-state index is 0.153. The molecule has 0 aromatic heterocycles. The number of para-hydroxylation sites is 2. The molecule has 0 aliphatic heterocycles. The summed E-state index contributed by atoms with van der Waals surface area (Å²) in [4.78, 5) is 34.3. The smallest absolute Gasteiger partial charge is 0.311 e. The Kier molecular flexibility index (Phi) is 6.43. The van der Waals surface area contributed by atoms with Crippen LogP contribution in [0, 0.1) is 10.1 Å². The van der Waals surface area contributed by atoms with Gasteiger partial charge in [0.2, 0.25) is 0 Å². The van der Waals surface area contributed by atoms with Gasteiger partial charge in [0.25, 0.3) is 11.6 Å². The number of ether oxygens (including phenoxy) is 1. The predicted molar refractivity (Wildman–Crippen MR) is 96.9 cm³/mol. The van der Waals surface area contributed by atoms with Crippen molar-refractivity contribution in [2.24, 2.45) is 0 Å². The fraction of sp³-hybridized carbons (Fsp3) is 0.263. The first-order chi connectivity index (χ1) is 12.4. The summed E-state index contributed by atoms with van der Waals surface area (Å²) in [6.45, 7) is 3.57. The first kappa shape index (κ1) is 19.1. The highest BCUT2D eigenvalue weighted by atomic mass is 16.6. The van der Waals surface area contributed by atoms with Crippen molar-refractivity contribution in [2.45, 2.75) is 26.2 Å². The van der Waals surface area contributed by atoms with E-state index < -0.39 is 23.4 Å². The Bertz CT molecular complexity index is 817. The maximum absolute atomic E-state index is 12.0. The zero-order valence-corrected chi connectivity index (χ0v) is 14.6. The van der Waals surface area contributed by atoms with Crippen LogP contribution in [0.3, 0.4) is 0 Å². The third kappa shape index (κ3) is 5.14. The summed E-state index contributed by atoms with van der Waals surface area (Å²) in [6.07, 6.45) is -0.271. The van der Waals surface area contributed by atoms with Crippen LogP contribution < -0.4 is 5.32 Å². The van der Waals surface area contributed by atoms with Crippen molar-refractivity contribution in [1.82, 2.24) is 0 Å². The Morgan fingerprint density at radius 2 is 1.77 bits per heavy atom. The molecule has 26 heavy (non-hydrogen) atoms. The quantitative estimate of drug-likeness (QED) is 0.465. The second-order valence-electron chi connectivity index (χ2n) is 6.01. The maximum atomic E-state index is 12.0. The van der Waals surface area contributed by atoms with Crippen molar-refractivity contribution < 1.29 is 19.2 Å². The minimum atomic E-state index is -0.702. The molecule has 7 nitrogen and oxygen atoms in total. The van der Waals surface area contributed by atoms with Gasteiger partial charge in [0.1, 0.15) is 0 Å². The highest BCUT2D eigenvalue weighted by molar-refractivity contribution is 5.93. The average molecular weight is 356 g/mol. The molecule has 0 radical (unpaired) electrons. The number of anilines is 1. The van der Waals surface area contributed by atoms with Gasteiger partial charge in [-0.15, -0.1) is 0 Å². The summed E-state index contributed by atoms with van der Waals surface area (Å²) in [5, 5.41) is 13.7. The Morgan fingerprint density at radius 1 is 1.12 bits per heavy atom. The van der Waals surface area contributed by atoms with Crippen molar-refractivity contribution in [3.8, 4) is 0 Å². The number of carbonyl (C=O) groups excluding carboxylic acids is 2. The molecule has 0 heterocycles. The van der Waals surface area contributed by atoms with E-state index in [9.17, 15) is 19.7 Å². The average Bonchev–Trinajstić information content (AvgIpc) is 2.60. The molecule has 0 bridgehead atoms. The number of nitro groups is 1. The number of carbonyl (C=O) groups is 2. The normalized spacial score (nSPS) is 10.4. The first-order valence-corrected chi connectivity index (χ1v) is 8.15. The van der Waals surface area contributed by atoms with Crippen molar-refractivity contribution in [3.63, 3.8) is 0 Å². The maximum Gasteiger partial charge on any atom is 0.311 e. The molecule has 0 aliphatic rings. The summed E-state index contributed by atoms with van der Waals surface area (Å²) >= 11 is 0. The largest absolute Gasteiger partial charge is 0.455 e. The fourth-order valence-corrected chi connectivity index (χ4v) is 2.49. The third-order valence-electron chi connectivity index (χ3n) is 3.74. The Morgan fingerprint density at radius 3 is 2.46 bits per heavy atom. The van der Waals surface area contributed by atoms with E-state index in [0.717, 1.165) is 5.56 Å². The zero-order chi connectivity index (χ0) is 19.1. The van der Waals surface area contributed by atoms with Crippen molar-refractivity contribution in [2.75, 3.05) is 11.9 Å². The van der Waals surface area contributed by atoms with E-state index in [2.05, 4.69) is 5.32 Å². The second-order valence-corrected chi connectivity index (χ2v) is 6.01. The van der Waals surface area contributed by atoms with Gasteiger partial charge in [-0.1, -0.05) is 50.2 Å². The van der Waals surface area contributed by atoms with Crippen molar-refractivity contribution in [3.05, 3.63) is 69.8 Å². The molecule has 2 rings (SSSR count). The molecular formula is C19H20N2O5. The number of hydrogen-bond acceptors (Lipinski definition) is 5. The van der Waals surface area contributed by atoms with Gasteiger partial charge in [0.05, 0.1) is 11.3 Å². The lowest BCUT2D eigenvalue weighted by Gasteiger charge is -2.13. The van der Waals surface area contributed by atoms with E-state index in [1.54, 1.807) is 12.1 Å². The van der Waals surface area contributed by atoms with Crippen LogP contribution in [0.2, 0.25) is 0 Å². The van der Waals surface area contributed by atoms with Crippen LogP contribution in [0.5, 0.6) is 0 Å². The van der Waals surface area contributed by atoms with Crippen LogP contribution >= 0.6 is 0 Å². The van der Waals surface area contributed by atoms with Gasteiger partial charge in [-0.3, -0.25) is 19.7 Å². The van der Waals surface area contributed by atoms with Gasteiger partial charge >= 0.3 is 5.97 Å². The highest BCUT2D eigenvalue weighted by Gasteiger charge is 2.17. The number of benzene rings is 2. The molecule has 0 aliphatic carbocycles. The number of esters is 1. The number of nitrogens with one attached hydrogen (secondary N) is 1. The lowest BCUT2D eigenvalue weighted by molar-refractivity contribution is -0.385. The van der Waals surface area contributed by atoms with E-state index in [1.807, 2.05) is 32.0 Å². The van der Waals surface area contributed by atoms with E-state index in [4.69, 9.17) is 4.74 Å². The molecule has 136 valence electrons. The number of hydrogen-bond donors (Lipinski definition) is 1. The molecule has 0 spiro atoms. The highest BCUT2D eigenvalue weighted by Crippen LogP contribution is 2.23. The first-order valence-electron chi connectivity index (χ1n) is 8.15. The lowest BCUT2D eigenvalue weighted by atomic mass is 10.0. The number of rotatable bonds is 7. The lowest BCUT2D eigenvalue weighted by Crippen LogP contribution is -2.22. The van der Waals surface area contributed by atoms with Gasteiger partial charge in [0.15, 0.2) is 6.61 Å². The standard InChI is InChI=1S/C19H20N2O5/c1-13(2)15-8-4-5-9-16(15)20-18(22)12-26-19(23)11-14-7-3-6-10-17(14)21(24)25/h3-10,13H,11-12H2,1-2H3,(H,20,22). The molecule has 0 fully saturated rings. The van der Waals surface area contributed by atoms with Gasteiger partial charge < -0.3 is 10.1 Å². The number of nitrogens with zero attached hydrogens (tertiary/aromatic N) is 1. The molecule has 0 saturated carbocycles. The van der Waals surface area contributed by atoms with Crippen LogP contribution in [-0.2, 0) is 20.7 Å². The predicted octanol–water partition coefficient (Wildman–Crippen LogP) is 3.44. The molecule has 1 N–H and O–H groups in total. The number of amides is 1. The van der Waals surface area contributed by atoms with Gasteiger partial charge in [-0.25, -0.2) is 0 Å². The molecule has 0 saturated heterocycles. The summed E-state index contributed by atoms with van der Waals surface area (Å²) in [5.41, 5.74) is 1.74. The molecule has 2 aromatic carbocycles. The summed E-state index contributed by atoms with van der Waals surface area (Å²) in [7, 11) is 0. The van der Waals surface area contributed by atoms with E-state index in [0.29, 0.717) is 5.69 Å². The third-order valence-corrected chi connectivity index (χ3v) is 3.74. The topological polar surface area (TPSA) is 98.5 Å². The Hall–Kier alpha value is -3.22. The van der Waals surface area contributed by atoms with E-state index in [1.165, 1.54) is 18.2 Å². The van der Waals surface area contributed by atoms with Crippen molar-refractivity contribution >= 4 is 23.3 Å². The summed E-state index contributed by atoms with van der Waals surface area (Å²) in [5.74, 6) is -0.937. The second kappa shape index (κ2) is 8.75. The SMILES string of the molecule is CC(C)c1ccccc1NC(=O)COC(=O)Cc1ccccc1[N+](=O)[O-]. The molecule has 1 amide bonds. The van der Waals surface area contributed by atoms with Crippen LogP contribution in [0.15, 0.2) is 48.5 Å². The molecule has 0 unspecified atom stereocenters. The summed E-state index contributed by atoms with van der Waals surface area (Å²) in [6, 6.07) is 13.3. The molecule has 0 atom stereocenters. The van der Waals surface area contributed by atoms with E-state index >= 15 is 0 Å². The van der Waals surface area contributed by atoms with Crippen LogP contribution in [-0.4, -0.2) is 23.4 Å². The van der Waals surface area contributed by atoms with Gasteiger partial charge in [0, 0.05) is 17.3 Å². The van der Waals surface area contributed by atoms with Gasteiger partial charge in [-0.2, -0.15) is 0 Å². The van der Waals surface area contributed by atoms with E-state index in [-0.39, 0.29) is 23.6 Å². The summed E-state index contributed by atoms with van der Waals surface area (Å²) < 4.78 is 4.94. The van der Waals surface area contributed by atoms with Crippen molar-refractivity contribution in [1.29, 1.82) is 0 Å². The van der Waals surface area contributed by atoms with Crippen LogP contribution in [0.1, 0.15) is 30.9 Å². The van der Waals surface area contributed by atoms with Crippen LogP contribution in [0.4, 0.5) is 11.4 Å². The Labute approximate surface area is 151 Å². The monoisotopic (exact) mass is 356 g/mol. The fourth-order valence-electron chi connectivity index (χ4n) is 2.49. The minimum Gasteiger partial charge on any atom is -0.455 e. The molecule has 2 aromatic rings. The molecular weight excluding hydrogens is 336 g/mol. The molecule has 7 heteroatoms.